The number of amides is 1. The first-order chi connectivity index (χ1) is 16.2. The molecule has 3 aromatic carbocycles. The quantitative estimate of drug-likeness (QED) is 0.231. The van der Waals surface area contributed by atoms with Crippen LogP contribution < -0.4 is 16.6 Å². The number of para-hydroxylation sites is 1. The number of imidazole rings is 1. The van der Waals surface area contributed by atoms with Crippen LogP contribution in [0.1, 0.15) is 21.6 Å². The van der Waals surface area contributed by atoms with Crippen LogP contribution >= 0.6 is 11.6 Å². The van der Waals surface area contributed by atoms with Crippen LogP contribution in [0.5, 0.6) is 0 Å². The highest BCUT2D eigenvalue weighted by atomic mass is 35.5. The van der Waals surface area contributed by atoms with E-state index < -0.39 is 23.3 Å². The number of hydrogen-bond donors (Lipinski definition) is 2. The molecule has 0 unspecified atom stereocenters. The van der Waals surface area contributed by atoms with Gasteiger partial charge in [0.2, 0.25) is 0 Å². The average Bonchev–Trinajstić information content (AvgIpc) is 3.28. The molecule has 0 saturated heterocycles. The minimum Gasteiger partial charge on any atom is -0.326 e. The summed E-state index contributed by atoms with van der Waals surface area (Å²) in [5.74, 6) is 5.35. The highest BCUT2D eigenvalue weighted by Gasteiger charge is 2.36. The number of carbonyl (C=O) groups excluding carboxylic acids is 1. The molecular weight excluding hydrogens is 467 g/mol. The van der Waals surface area contributed by atoms with E-state index >= 15 is 0 Å². The predicted octanol–water partition coefficient (Wildman–Crippen LogP) is 5.19. The number of hydrazine groups is 1. The van der Waals surface area contributed by atoms with E-state index in [1.54, 1.807) is 41.0 Å². The fraction of sp³-hybridized carbons (Fsp3) is 0.0833. The number of halogens is 4. The lowest BCUT2D eigenvalue weighted by atomic mass is 10.1. The zero-order valence-electron chi connectivity index (χ0n) is 17.6. The van der Waals surface area contributed by atoms with Crippen molar-refractivity contribution < 1.29 is 18.0 Å². The number of anilines is 1. The van der Waals surface area contributed by atoms with Crippen LogP contribution in [0.4, 0.5) is 18.9 Å². The van der Waals surface area contributed by atoms with Gasteiger partial charge in [-0.15, -0.1) is 0 Å². The Morgan fingerprint density at radius 1 is 1.00 bits per heavy atom. The molecule has 0 aliphatic heterocycles. The summed E-state index contributed by atoms with van der Waals surface area (Å²) in [5, 5.41) is 0.969. The number of rotatable bonds is 5. The van der Waals surface area contributed by atoms with E-state index in [0.717, 1.165) is 17.7 Å². The number of nitrogens with two attached hydrogens (primary N) is 2. The third-order valence-electron chi connectivity index (χ3n) is 5.20. The Bertz CT molecular complexity index is 1340. The second kappa shape index (κ2) is 9.30. The van der Waals surface area contributed by atoms with Crippen molar-refractivity contribution in [3.8, 4) is 17.1 Å². The fourth-order valence-electron chi connectivity index (χ4n) is 3.54. The number of carbonyl (C=O) groups is 1. The zero-order valence-corrected chi connectivity index (χ0v) is 18.4. The molecule has 1 amide bonds. The van der Waals surface area contributed by atoms with Crippen molar-refractivity contribution in [3.05, 3.63) is 101 Å². The van der Waals surface area contributed by atoms with E-state index in [1.165, 1.54) is 18.3 Å². The van der Waals surface area contributed by atoms with Crippen molar-refractivity contribution in [2.24, 2.45) is 11.6 Å². The summed E-state index contributed by atoms with van der Waals surface area (Å²) in [6, 6.07) is 18.6. The second-order valence-corrected chi connectivity index (χ2v) is 7.78. The molecule has 0 radical (unpaired) electrons. The highest BCUT2D eigenvalue weighted by molar-refractivity contribution is 6.30. The highest BCUT2D eigenvalue weighted by Crippen LogP contribution is 2.36. The number of hydrogen-bond acceptors (Lipinski definition) is 4. The molecule has 1 heterocycles. The third kappa shape index (κ3) is 4.54. The standard InChI is InChI=1S/C24H19ClF3N5O/c25-16-9-11-17(12-10-16)32-14-20(31-22(32)18-6-2-1-5-15(18)13-29)23(34)33(30)21-8-4-3-7-19(21)24(26,27)28/h1-12,14H,13,29-30H2. The normalized spacial score (nSPS) is 11.5. The van der Waals surface area contributed by atoms with Gasteiger partial charge in [0, 0.05) is 29.0 Å². The Morgan fingerprint density at radius 2 is 1.65 bits per heavy atom. The molecule has 0 atom stereocenters. The van der Waals surface area contributed by atoms with E-state index in [1.807, 2.05) is 12.1 Å². The van der Waals surface area contributed by atoms with Gasteiger partial charge in [-0.2, -0.15) is 13.2 Å². The Kier molecular flexibility index (Phi) is 6.43. The van der Waals surface area contributed by atoms with Gasteiger partial charge in [-0.3, -0.25) is 9.36 Å². The van der Waals surface area contributed by atoms with E-state index in [0.29, 0.717) is 27.1 Å². The van der Waals surface area contributed by atoms with Crippen molar-refractivity contribution in [1.82, 2.24) is 9.55 Å². The predicted molar refractivity (Wildman–Crippen MR) is 124 cm³/mol. The first kappa shape index (κ1) is 23.5. The molecule has 6 nitrogen and oxygen atoms in total. The lowest BCUT2D eigenvalue weighted by molar-refractivity contribution is -0.137. The summed E-state index contributed by atoms with van der Waals surface area (Å²) in [7, 11) is 0. The molecular formula is C24H19ClF3N5O. The molecule has 0 fully saturated rings. The third-order valence-corrected chi connectivity index (χ3v) is 5.45. The van der Waals surface area contributed by atoms with E-state index in [9.17, 15) is 18.0 Å². The summed E-state index contributed by atoms with van der Waals surface area (Å²) in [6.07, 6.45) is -3.27. The first-order valence-electron chi connectivity index (χ1n) is 10.1. The Labute approximate surface area is 198 Å². The molecule has 0 aliphatic carbocycles. The van der Waals surface area contributed by atoms with Crippen LogP contribution in [0.3, 0.4) is 0 Å². The van der Waals surface area contributed by atoms with Gasteiger partial charge in [0.25, 0.3) is 5.91 Å². The van der Waals surface area contributed by atoms with E-state index in [2.05, 4.69) is 4.98 Å². The van der Waals surface area contributed by atoms with Gasteiger partial charge in [-0.25, -0.2) is 15.8 Å². The van der Waals surface area contributed by atoms with Gasteiger partial charge in [-0.05, 0) is 42.0 Å². The molecule has 4 rings (SSSR count). The van der Waals surface area contributed by atoms with Crippen LogP contribution in [-0.2, 0) is 12.7 Å². The Hall–Kier alpha value is -3.66. The van der Waals surface area contributed by atoms with Gasteiger partial charge < -0.3 is 5.73 Å². The number of alkyl halides is 3. The monoisotopic (exact) mass is 485 g/mol. The SMILES string of the molecule is NCc1ccccc1-c1nc(C(=O)N(N)c2ccccc2C(F)(F)F)cn1-c1ccc(Cl)cc1. The van der Waals surface area contributed by atoms with E-state index in [4.69, 9.17) is 23.2 Å². The van der Waals surface area contributed by atoms with Crippen molar-refractivity contribution >= 4 is 23.2 Å². The van der Waals surface area contributed by atoms with Crippen molar-refractivity contribution in [2.75, 3.05) is 5.01 Å². The van der Waals surface area contributed by atoms with Gasteiger partial charge in [-0.1, -0.05) is 48.0 Å². The molecule has 4 aromatic rings. The summed E-state index contributed by atoms with van der Waals surface area (Å²) < 4.78 is 42.0. The maximum absolute atomic E-state index is 13.5. The van der Waals surface area contributed by atoms with Gasteiger partial charge >= 0.3 is 6.18 Å². The summed E-state index contributed by atoms with van der Waals surface area (Å²) >= 11 is 6.01. The number of benzene rings is 3. The fourth-order valence-corrected chi connectivity index (χ4v) is 3.67. The second-order valence-electron chi connectivity index (χ2n) is 7.35. The molecule has 0 spiro atoms. The number of nitrogens with zero attached hydrogens (tertiary/aromatic N) is 3. The molecule has 4 N–H and O–H groups in total. The van der Waals surface area contributed by atoms with Crippen LogP contribution in [-0.4, -0.2) is 15.5 Å². The van der Waals surface area contributed by atoms with Gasteiger partial charge in [0.1, 0.15) is 11.5 Å². The van der Waals surface area contributed by atoms with Crippen LogP contribution in [0.15, 0.2) is 79.0 Å². The summed E-state index contributed by atoms with van der Waals surface area (Å²) in [5.41, 5.74) is 6.31. The van der Waals surface area contributed by atoms with Crippen molar-refractivity contribution in [1.29, 1.82) is 0 Å². The molecule has 0 aliphatic rings. The Balaban J connectivity index is 1.84. The largest absolute Gasteiger partial charge is 0.418 e. The topological polar surface area (TPSA) is 90.2 Å². The summed E-state index contributed by atoms with van der Waals surface area (Å²) in [6.45, 7) is 0.217. The minimum atomic E-state index is -4.69. The lowest BCUT2D eigenvalue weighted by Crippen LogP contribution is -2.39. The van der Waals surface area contributed by atoms with Crippen LogP contribution in [0, 0.1) is 0 Å². The zero-order chi connectivity index (χ0) is 24.5. The smallest absolute Gasteiger partial charge is 0.326 e. The molecule has 10 heteroatoms. The van der Waals surface area contributed by atoms with Crippen molar-refractivity contribution in [2.45, 2.75) is 12.7 Å². The lowest BCUT2D eigenvalue weighted by Gasteiger charge is -2.20. The Morgan fingerprint density at radius 3 is 2.32 bits per heavy atom. The van der Waals surface area contributed by atoms with Gasteiger partial charge in [0.15, 0.2) is 0 Å². The summed E-state index contributed by atoms with van der Waals surface area (Å²) in [4.78, 5) is 17.6. The maximum Gasteiger partial charge on any atom is 0.418 e. The van der Waals surface area contributed by atoms with Crippen LogP contribution in [0.2, 0.25) is 5.02 Å². The van der Waals surface area contributed by atoms with Crippen LogP contribution in [0.25, 0.3) is 17.1 Å². The number of aromatic nitrogens is 2. The molecule has 174 valence electrons. The molecule has 0 saturated carbocycles. The average molecular weight is 486 g/mol. The minimum absolute atomic E-state index is 0.142. The maximum atomic E-state index is 13.5. The van der Waals surface area contributed by atoms with E-state index in [-0.39, 0.29) is 12.2 Å². The first-order valence-corrected chi connectivity index (χ1v) is 10.5. The molecule has 34 heavy (non-hydrogen) atoms. The molecule has 0 bridgehead atoms. The van der Waals surface area contributed by atoms with Gasteiger partial charge in [0.05, 0.1) is 11.3 Å². The van der Waals surface area contributed by atoms with Crippen molar-refractivity contribution in [3.63, 3.8) is 0 Å². The molecule has 1 aromatic heterocycles.